The number of rotatable bonds is 4. The summed E-state index contributed by atoms with van der Waals surface area (Å²) in [5.74, 6) is -2.09. The molecule has 2 heterocycles. The summed E-state index contributed by atoms with van der Waals surface area (Å²) in [7, 11) is 0. The molecule has 1 fully saturated rings. The lowest BCUT2D eigenvalue weighted by Crippen LogP contribution is -2.56. The van der Waals surface area contributed by atoms with Gasteiger partial charge < -0.3 is 10.2 Å². The Morgan fingerprint density at radius 3 is 2.66 bits per heavy atom. The average molecular weight is 399 g/mol. The van der Waals surface area contributed by atoms with Crippen LogP contribution in [-0.2, 0) is 29.1 Å². The number of benzene rings is 2. The van der Waals surface area contributed by atoms with Crippen LogP contribution in [0.2, 0.25) is 0 Å². The first-order valence-electron chi connectivity index (χ1n) is 9.81. The fourth-order valence-electron chi connectivity index (χ4n) is 4.05. The molecule has 152 valence electrons. The SMILES string of the molecule is O=C1NCCN(Cc2ccc(F)c(F)c2)C1CC(=O)N1CCc2ccccc2C1. The van der Waals surface area contributed by atoms with E-state index in [1.54, 1.807) is 4.90 Å². The predicted octanol–water partition coefficient (Wildman–Crippen LogP) is 2.24. The van der Waals surface area contributed by atoms with Crippen molar-refractivity contribution in [3.63, 3.8) is 0 Å². The summed E-state index contributed by atoms with van der Waals surface area (Å²) in [6.45, 7) is 2.47. The number of hydrogen-bond donors (Lipinski definition) is 1. The number of piperazine rings is 1. The molecule has 0 aromatic heterocycles. The minimum Gasteiger partial charge on any atom is -0.353 e. The van der Waals surface area contributed by atoms with Gasteiger partial charge in [0.2, 0.25) is 11.8 Å². The van der Waals surface area contributed by atoms with E-state index in [0.717, 1.165) is 24.1 Å². The molecule has 2 aliphatic rings. The molecule has 0 aliphatic carbocycles. The monoisotopic (exact) mass is 399 g/mol. The molecular weight excluding hydrogens is 376 g/mol. The Kier molecular flexibility index (Phi) is 5.58. The van der Waals surface area contributed by atoms with Crippen LogP contribution < -0.4 is 5.32 Å². The second kappa shape index (κ2) is 8.29. The molecule has 0 radical (unpaired) electrons. The second-order valence-electron chi connectivity index (χ2n) is 7.56. The van der Waals surface area contributed by atoms with E-state index < -0.39 is 17.7 Å². The van der Waals surface area contributed by atoms with E-state index in [4.69, 9.17) is 0 Å². The Labute approximate surface area is 168 Å². The highest BCUT2D eigenvalue weighted by atomic mass is 19.2. The van der Waals surface area contributed by atoms with Crippen molar-refractivity contribution in [3.8, 4) is 0 Å². The van der Waals surface area contributed by atoms with Crippen molar-refractivity contribution in [3.05, 3.63) is 70.8 Å². The number of hydrogen-bond acceptors (Lipinski definition) is 3. The first-order valence-corrected chi connectivity index (χ1v) is 9.81. The Bertz CT molecular complexity index is 934. The molecule has 1 saturated heterocycles. The molecule has 4 rings (SSSR count). The van der Waals surface area contributed by atoms with Gasteiger partial charge in [-0.25, -0.2) is 8.78 Å². The van der Waals surface area contributed by atoms with E-state index in [1.807, 2.05) is 23.1 Å². The molecule has 5 nitrogen and oxygen atoms in total. The number of fused-ring (bicyclic) bond motifs is 1. The fraction of sp³-hybridized carbons (Fsp3) is 0.364. The van der Waals surface area contributed by atoms with Crippen LogP contribution in [-0.4, -0.2) is 47.3 Å². The normalized spacial score (nSPS) is 19.6. The standard InChI is InChI=1S/C22H23F2N3O2/c23-18-6-5-15(11-19(18)24)13-26-10-8-25-22(29)20(26)12-21(28)27-9-7-16-3-1-2-4-17(16)14-27/h1-6,11,20H,7-10,12-14H2,(H,25,29). The van der Waals surface area contributed by atoms with Gasteiger partial charge in [0.25, 0.3) is 0 Å². The van der Waals surface area contributed by atoms with Crippen LogP contribution in [0.15, 0.2) is 42.5 Å². The van der Waals surface area contributed by atoms with Gasteiger partial charge in [-0.15, -0.1) is 0 Å². The lowest BCUT2D eigenvalue weighted by atomic mass is 9.99. The van der Waals surface area contributed by atoms with Crippen molar-refractivity contribution in [1.29, 1.82) is 0 Å². The van der Waals surface area contributed by atoms with Gasteiger partial charge in [-0.2, -0.15) is 0 Å². The van der Waals surface area contributed by atoms with Crippen LogP contribution >= 0.6 is 0 Å². The van der Waals surface area contributed by atoms with Gasteiger partial charge in [-0.05, 0) is 35.2 Å². The zero-order valence-corrected chi connectivity index (χ0v) is 16.0. The van der Waals surface area contributed by atoms with E-state index >= 15 is 0 Å². The zero-order valence-electron chi connectivity index (χ0n) is 16.0. The molecule has 1 atom stereocenters. The average Bonchev–Trinajstić information content (AvgIpc) is 2.73. The number of halogens is 2. The smallest absolute Gasteiger partial charge is 0.237 e. The van der Waals surface area contributed by atoms with E-state index in [1.165, 1.54) is 11.6 Å². The van der Waals surface area contributed by atoms with Gasteiger partial charge in [0.15, 0.2) is 11.6 Å². The predicted molar refractivity (Wildman–Crippen MR) is 104 cm³/mol. The van der Waals surface area contributed by atoms with Crippen LogP contribution in [0.4, 0.5) is 8.78 Å². The number of nitrogens with one attached hydrogen (secondary N) is 1. The van der Waals surface area contributed by atoms with E-state index in [2.05, 4.69) is 11.4 Å². The number of carbonyl (C=O) groups excluding carboxylic acids is 2. The van der Waals surface area contributed by atoms with Crippen molar-refractivity contribution in [2.24, 2.45) is 0 Å². The highest BCUT2D eigenvalue weighted by Crippen LogP contribution is 2.21. The Morgan fingerprint density at radius 2 is 1.86 bits per heavy atom. The minimum atomic E-state index is -0.913. The first-order chi connectivity index (χ1) is 14.0. The maximum atomic E-state index is 13.5. The molecule has 1 N–H and O–H groups in total. The summed E-state index contributed by atoms with van der Waals surface area (Å²) in [4.78, 5) is 29.1. The second-order valence-corrected chi connectivity index (χ2v) is 7.56. The van der Waals surface area contributed by atoms with Gasteiger partial charge in [-0.3, -0.25) is 14.5 Å². The topological polar surface area (TPSA) is 52.7 Å². The summed E-state index contributed by atoms with van der Waals surface area (Å²) in [5, 5.41) is 2.81. The van der Waals surface area contributed by atoms with Gasteiger partial charge in [-0.1, -0.05) is 30.3 Å². The number of amides is 2. The van der Waals surface area contributed by atoms with E-state index in [-0.39, 0.29) is 24.8 Å². The van der Waals surface area contributed by atoms with Crippen molar-refractivity contribution >= 4 is 11.8 Å². The Balaban J connectivity index is 1.45. The maximum Gasteiger partial charge on any atom is 0.237 e. The first kappa shape index (κ1) is 19.5. The Morgan fingerprint density at radius 1 is 1.07 bits per heavy atom. The Hall–Kier alpha value is -2.80. The molecule has 2 amide bonds. The highest BCUT2D eigenvalue weighted by Gasteiger charge is 2.33. The molecule has 2 aromatic rings. The summed E-state index contributed by atoms with van der Waals surface area (Å²) < 4.78 is 26.7. The third kappa shape index (κ3) is 4.29. The zero-order chi connectivity index (χ0) is 20.4. The van der Waals surface area contributed by atoms with Crippen LogP contribution in [0.3, 0.4) is 0 Å². The van der Waals surface area contributed by atoms with Crippen LogP contribution in [0.5, 0.6) is 0 Å². The molecule has 0 saturated carbocycles. The van der Waals surface area contributed by atoms with Gasteiger partial charge >= 0.3 is 0 Å². The summed E-state index contributed by atoms with van der Waals surface area (Å²) in [6.07, 6.45) is 0.870. The van der Waals surface area contributed by atoms with Gasteiger partial charge in [0, 0.05) is 32.7 Å². The minimum absolute atomic E-state index is 0.0671. The highest BCUT2D eigenvalue weighted by molar-refractivity contribution is 5.89. The molecule has 7 heteroatoms. The van der Waals surface area contributed by atoms with Crippen molar-refractivity contribution < 1.29 is 18.4 Å². The summed E-state index contributed by atoms with van der Waals surface area (Å²) in [5.41, 5.74) is 2.97. The van der Waals surface area contributed by atoms with Crippen molar-refractivity contribution in [2.75, 3.05) is 19.6 Å². The van der Waals surface area contributed by atoms with Crippen molar-refractivity contribution in [2.45, 2.75) is 32.0 Å². The van der Waals surface area contributed by atoms with Crippen molar-refractivity contribution in [1.82, 2.24) is 15.1 Å². The van der Waals surface area contributed by atoms with Crippen LogP contribution in [0.25, 0.3) is 0 Å². The quantitative estimate of drug-likeness (QED) is 0.858. The lowest BCUT2D eigenvalue weighted by molar-refractivity contribution is -0.139. The van der Waals surface area contributed by atoms with Crippen LogP contribution in [0.1, 0.15) is 23.1 Å². The van der Waals surface area contributed by atoms with E-state index in [9.17, 15) is 18.4 Å². The molecule has 2 aliphatic heterocycles. The summed E-state index contributed by atoms with van der Waals surface area (Å²) >= 11 is 0. The number of nitrogens with zero attached hydrogens (tertiary/aromatic N) is 2. The third-order valence-electron chi connectivity index (χ3n) is 5.66. The molecular formula is C22H23F2N3O2. The molecule has 29 heavy (non-hydrogen) atoms. The molecule has 2 aromatic carbocycles. The molecule has 0 bridgehead atoms. The maximum absolute atomic E-state index is 13.5. The molecule has 1 unspecified atom stereocenters. The largest absolute Gasteiger partial charge is 0.353 e. The number of carbonyl (C=O) groups is 2. The van der Waals surface area contributed by atoms with Crippen LogP contribution in [0, 0.1) is 11.6 Å². The lowest BCUT2D eigenvalue weighted by Gasteiger charge is -2.36. The fourth-order valence-corrected chi connectivity index (χ4v) is 4.05. The van der Waals surface area contributed by atoms with Gasteiger partial charge in [0.1, 0.15) is 0 Å². The van der Waals surface area contributed by atoms with E-state index in [0.29, 0.717) is 31.7 Å². The van der Waals surface area contributed by atoms with Gasteiger partial charge in [0.05, 0.1) is 12.5 Å². The third-order valence-corrected chi connectivity index (χ3v) is 5.66. The molecule has 0 spiro atoms. The summed E-state index contributed by atoms with van der Waals surface area (Å²) in [6, 6.07) is 11.2.